The Morgan fingerprint density at radius 2 is 1.29 bits per heavy atom. The number of rotatable bonds is 6. The first-order chi connectivity index (χ1) is 13.6. The summed E-state index contributed by atoms with van der Waals surface area (Å²) in [5, 5.41) is 2.10. The quantitative estimate of drug-likeness (QED) is 0.480. The van der Waals surface area contributed by atoms with E-state index in [9.17, 15) is 9.59 Å². The van der Waals surface area contributed by atoms with Crippen molar-refractivity contribution >= 4 is 22.7 Å². The SMILES string of the molecule is COC(=O)C(C(=O)OC)[C@H](c1ccc(OC)cc1)c1ccc2ccccc2c1. The van der Waals surface area contributed by atoms with E-state index in [0.717, 1.165) is 21.9 Å². The van der Waals surface area contributed by atoms with E-state index >= 15 is 0 Å². The summed E-state index contributed by atoms with van der Waals surface area (Å²) in [4.78, 5) is 25.1. The van der Waals surface area contributed by atoms with Gasteiger partial charge < -0.3 is 14.2 Å². The number of esters is 2. The van der Waals surface area contributed by atoms with E-state index in [1.54, 1.807) is 19.2 Å². The molecular formula is C23H22O5. The van der Waals surface area contributed by atoms with Gasteiger partial charge in [-0.2, -0.15) is 0 Å². The van der Waals surface area contributed by atoms with Gasteiger partial charge >= 0.3 is 11.9 Å². The second kappa shape index (κ2) is 8.57. The van der Waals surface area contributed by atoms with Gasteiger partial charge in [-0.25, -0.2) is 0 Å². The van der Waals surface area contributed by atoms with Gasteiger partial charge in [0.1, 0.15) is 5.75 Å². The average molecular weight is 378 g/mol. The Hall–Kier alpha value is -3.34. The fourth-order valence-corrected chi connectivity index (χ4v) is 3.41. The number of carbonyl (C=O) groups is 2. The predicted molar refractivity (Wildman–Crippen MR) is 106 cm³/mol. The highest BCUT2D eigenvalue weighted by atomic mass is 16.5. The van der Waals surface area contributed by atoms with Crippen molar-refractivity contribution in [3.63, 3.8) is 0 Å². The van der Waals surface area contributed by atoms with E-state index < -0.39 is 23.8 Å². The molecule has 5 heteroatoms. The van der Waals surface area contributed by atoms with Crippen LogP contribution in [-0.4, -0.2) is 33.3 Å². The summed E-state index contributed by atoms with van der Waals surface area (Å²) in [6.07, 6.45) is 0. The average Bonchev–Trinajstić information content (AvgIpc) is 2.76. The molecular weight excluding hydrogens is 356 g/mol. The van der Waals surface area contributed by atoms with E-state index in [-0.39, 0.29) is 0 Å². The van der Waals surface area contributed by atoms with Crippen molar-refractivity contribution in [2.45, 2.75) is 5.92 Å². The lowest BCUT2D eigenvalue weighted by Gasteiger charge is -2.25. The zero-order valence-electron chi connectivity index (χ0n) is 16.0. The number of fused-ring (bicyclic) bond motifs is 1. The molecule has 0 unspecified atom stereocenters. The van der Waals surface area contributed by atoms with Crippen molar-refractivity contribution in [2.75, 3.05) is 21.3 Å². The molecule has 0 spiro atoms. The van der Waals surface area contributed by atoms with Crippen molar-refractivity contribution < 1.29 is 23.8 Å². The molecule has 0 amide bonds. The molecule has 0 N–H and O–H groups in total. The Labute approximate surface area is 163 Å². The number of carbonyl (C=O) groups excluding carboxylic acids is 2. The molecule has 3 aromatic rings. The minimum atomic E-state index is -1.12. The first-order valence-corrected chi connectivity index (χ1v) is 8.87. The van der Waals surface area contributed by atoms with Gasteiger partial charge in [0.15, 0.2) is 5.92 Å². The second-order valence-corrected chi connectivity index (χ2v) is 6.38. The fraction of sp³-hybridized carbons (Fsp3) is 0.217. The molecule has 3 aromatic carbocycles. The molecule has 1 atom stereocenters. The van der Waals surface area contributed by atoms with Crippen LogP contribution in [-0.2, 0) is 19.1 Å². The second-order valence-electron chi connectivity index (χ2n) is 6.38. The van der Waals surface area contributed by atoms with Crippen LogP contribution in [0.25, 0.3) is 10.8 Å². The minimum absolute atomic E-state index is 0.560. The molecule has 0 saturated heterocycles. The van der Waals surface area contributed by atoms with Gasteiger partial charge in [-0.05, 0) is 34.0 Å². The van der Waals surface area contributed by atoms with Crippen LogP contribution in [0.1, 0.15) is 17.0 Å². The molecule has 0 aliphatic rings. The van der Waals surface area contributed by atoms with E-state index in [1.807, 2.05) is 54.6 Å². The third-order valence-electron chi connectivity index (χ3n) is 4.85. The van der Waals surface area contributed by atoms with Gasteiger partial charge in [0.05, 0.1) is 21.3 Å². The van der Waals surface area contributed by atoms with Gasteiger partial charge in [0.25, 0.3) is 0 Å². The van der Waals surface area contributed by atoms with E-state index in [4.69, 9.17) is 14.2 Å². The van der Waals surface area contributed by atoms with Gasteiger partial charge in [-0.3, -0.25) is 9.59 Å². The maximum Gasteiger partial charge on any atom is 0.321 e. The van der Waals surface area contributed by atoms with E-state index in [2.05, 4.69) is 0 Å². The smallest absolute Gasteiger partial charge is 0.321 e. The molecule has 0 aliphatic heterocycles. The normalized spacial score (nSPS) is 11.9. The lowest BCUT2D eigenvalue weighted by atomic mass is 9.80. The number of hydrogen-bond donors (Lipinski definition) is 0. The number of ether oxygens (including phenoxy) is 3. The van der Waals surface area contributed by atoms with Crippen LogP contribution in [0, 0.1) is 5.92 Å². The van der Waals surface area contributed by atoms with Crippen molar-refractivity contribution in [3.05, 3.63) is 77.9 Å². The third kappa shape index (κ3) is 3.83. The molecule has 0 bridgehead atoms. The highest BCUT2D eigenvalue weighted by Gasteiger charge is 2.39. The molecule has 0 aliphatic carbocycles. The molecule has 0 aromatic heterocycles. The molecule has 0 radical (unpaired) electrons. The Kier molecular flexibility index (Phi) is 5.94. The molecule has 144 valence electrons. The standard InChI is InChI=1S/C23H22O5/c1-26-19-12-10-16(11-13-19)20(21(22(24)27-2)23(25)28-3)18-9-8-15-6-4-5-7-17(15)14-18/h4-14,20-21H,1-3H3/t20-/m1/s1. The minimum Gasteiger partial charge on any atom is -0.497 e. The van der Waals surface area contributed by atoms with Gasteiger partial charge in [-0.1, -0.05) is 54.6 Å². The van der Waals surface area contributed by atoms with Crippen molar-refractivity contribution in [1.29, 1.82) is 0 Å². The number of hydrogen-bond acceptors (Lipinski definition) is 5. The zero-order chi connectivity index (χ0) is 20.1. The Morgan fingerprint density at radius 3 is 1.86 bits per heavy atom. The maximum atomic E-state index is 12.5. The van der Waals surface area contributed by atoms with E-state index in [1.165, 1.54) is 14.2 Å². The van der Waals surface area contributed by atoms with Crippen LogP contribution >= 0.6 is 0 Å². The monoisotopic (exact) mass is 378 g/mol. The third-order valence-corrected chi connectivity index (χ3v) is 4.85. The number of methoxy groups -OCH3 is 3. The lowest BCUT2D eigenvalue weighted by Crippen LogP contribution is -2.33. The predicted octanol–water partition coefficient (Wildman–Crippen LogP) is 3.94. The maximum absolute atomic E-state index is 12.5. The van der Waals surface area contributed by atoms with Crippen LogP contribution in [0.5, 0.6) is 5.75 Å². The first-order valence-electron chi connectivity index (χ1n) is 8.87. The topological polar surface area (TPSA) is 61.8 Å². The van der Waals surface area contributed by atoms with Crippen LogP contribution in [0.2, 0.25) is 0 Å². The Morgan fingerprint density at radius 1 is 0.714 bits per heavy atom. The van der Waals surface area contributed by atoms with Crippen LogP contribution < -0.4 is 4.74 Å². The lowest BCUT2D eigenvalue weighted by molar-refractivity contribution is -0.159. The molecule has 0 saturated carbocycles. The summed E-state index contributed by atoms with van der Waals surface area (Å²) in [6, 6.07) is 21.1. The zero-order valence-corrected chi connectivity index (χ0v) is 16.0. The van der Waals surface area contributed by atoms with Gasteiger partial charge in [0.2, 0.25) is 0 Å². The summed E-state index contributed by atoms with van der Waals surface area (Å²) in [6.45, 7) is 0. The van der Waals surface area contributed by atoms with Gasteiger partial charge in [0, 0.05) is 5.92 Å². The molecule has 5 nitrogen and oxygen atoms in total. The molecule has 28 heavy (non-hydrogen) atoms. The molecule has 3 rings (SSSR count). The van der Waals surface area contributed by atoms with Gasteiger partial charge in [-0.15, -0.1) is 0 Å². The summed E-state index contributed by atoms with van der Waals surface area (Å²) in [7, 11) is 4.12. The fourth-order valence-electron chi connectivity index (χ4n) is 3.41. The van der Waals surface area contributed by atoms with Crippen LogP contribution in [0.3, 0.4) is 0 Å². The highest BCUT2D eigenvalue weighted by Crippen LogP contribution is 2.36. The first kappa shape index (κ1) is 19.4. The highest BCUT2D eigenvalue weighted by molar-refractivity contribution is 5.97. The summed E-state index contributed by atoms with van der Waals surface area (Å²) < 4.78 is 15.1. The van der Waals surface area contributed by atoms with Crippen LogP contribution in [0.15, 0.2) is 66.7 Å². The largest absolute Gasteiger partial charge is 0.497 e. The molecule has 0 fully saturated rings. The Bertz CT molecular complexity index is 962. The van der Waals surface area contributed by atoms with Crippen molar-refractivity contribution in [1.82, 2.24) is 0 Å². The molecule has 0 heterocycles. The summed E-state index contributed by atoms with van der Waals surface area (Å²) in [5.41, 5.74) is 1.61. The summed E-state index contributed by atoms with van der Waals surface area (Å²) >= 11 is 0. The van der Waals surface area contributed by atoms with Crippen LogP contribution in [0.4, 0.5) is 0 Å². The van der Waals surface area contributed by atoms with E-state index in [0.29, 0.717) is 5.75 Å². The van der Waals surface area contributed by atoms with Crippen molar-refractivity contribution in [2.24, 2.45) is 5.92 Å². The summed E-state index contributed by atoms with van der Waals surface area (Å²) in [5.74, 6) is -2.27. The Balaban J connectivity index is 2.18. The van der Waals surface area contributed by atoms with Crippen molar-refractivity contribution in [3.8, 4) is 5.75 Å². The number of benzene rings is 3.